The Morgan fingerprint density at radius 2 is 1.56 bits per heavy atom. The third-order valence-electron chi connectivity index (χ3n) is 4.17. The van der Waals surface area contributed by atoms with Crippen LogP contribution in [0.15, 0.2) is 60.7 Å². The lowest BCUT2D eigenvalue weighted by molar-refractivity contribution is -0.127. The lowest BCUT2D eigenvalue weighted by Crippen LogP contribution is -2.50. The highest BCUT2D eigenvalue weighted by molar-refractivity contribution is 5.95. The SMILES string of the molecule is O=C(/C=C/c1ccccc1)N1CCN(C(=O)c2cccc(F)c2)CC1. The summed E-state index contributed by atoms with van der Waals surface area (Å²) in [5, 5.41) is 0. The van der Waals surface area contributed by atoms with Crippen LogP contribution in [-0.4, -0.2) is 47.8 Å². The van der Waals surface area contributed by atoms with Gasteiger partial charge in [0.15, 0.2) is 0 Å². The van der Waals surface area contributed by atoms with Crippen LogP contribution in [0.5, 0.6) is 0 Å². The number of piperazine rings is 1. The van der Waals surface area contributed by atoms with E-state index in [4.69, 9.17) is 0 Å². The Labute approximate surface area is 146 Å². The van der Waals surface area contributed by atoms with Crippen molar-refractivity contribution in [2.24, 2.45) is 0 Å². The molecule has 0 atom stereocenters. The van der Waals surface area contributed by atoms with Gasteiger partial charge in [-0.1, -0.05) is 36.4 Å². The molecule has 0 bridgehead atoms. The molecule has 0 N–H and O–H groups in total. The molecule has 0 radical (unpaired) electrons. The van der Waals surface area contributed by atoms with Crippen molar-refractivity contribution in [3.05, 3.63) is 77.6 Å². The minimum atomic E-state index is -0.425. The van der Waals surface area contributed by atoms with Gasteiger partial charge in [-0.2, -0.15) is 0 Å². The first-order chi connectivity index (χ1) is 12.1. The van der Waals surface area contributed by atoms with Gasteiger partial charge in [0.05, 0.1) is 0 Å². The molecular weight excluding hydrogens is 319 g/mol. The van der Waals surface area contributed by atoms with Gasteiger partial charge in [-0.05, 0) is 29.8 Å². The molecule has 0 aromatic heterocycles. The zero-order chi connectivity index (χ0) is 17.6. The van der Waals surface area contributed by atoms with E-state index >= 15 is 0 Å². The summed E-state index contributed by atoms with van der Waals surface area (Å²) in [6.07, 6.45) is 3.34. The molecule has 128 valence electrons. The quantitative estimate of drug-likeness (QED) is 0.808. The van der Waals surface area contributed by atoms with Gasteiger partial charge in [0.2, 0.25) is 5.91 Å². The Kier molecular flexibility index (Phi) is 5.23. The number of halogens is 1. The molecule has 0 unspecified atom stereocenters. The maximum absolute atomic E-state index is 13.3. The van der Waals surface area contributed by atoms with Crippen LogP contribution in [0.3, 0.4) is 0 Å². The maximum atomic E-state index is 13.3. The smallest absolute Gasteiger partial charge is 0.254 e. The minimum Gasteiger partial charge on any atom is -0.336 e. The predicted molar refractivity (Wildman–Crippen MR) is 94.4 cm³/mol. The Hall–Kier alpha value is -2.95. The summed E-state index contributed by atoms with van der Waals surface area (Å²) in [6, 6.07) is 15.3. The van der Waals surface area contributed by atoms with E-state index in [1.54, 1.807) is 28.0 Å². The Morgan fingerprint density at radius 1 is 0.880 bits per heavy atom. The van der Waals surface area contributed by atoms with Crippen molar-refractivity contribution in [2.45, 2.75) is 0 Å². The van der Waals surface area contributed by atoms with Crippen molar-refractivity contribution in [3.8, 4) is 0 Å². The number of carbonyl (C=O) groups excluding carboxylic acids is 2. The average molecular weight is 338 g/mol. The molecule has 1 aliphatic rings. The molecule has 0 spiro atoms. The topological polar surface area (TPSA) is 40.6 Å². The van der Waals surface area contributed by atoms with Gasteiger partial charge in [-0.3, -0.25) is 9.59 Å². The van der Waals surface area contributed by atoms with Crippen LogP contribution >= 0.6 is 0 Å². The summed E-state index contributed by atoms with van der Waals surface area (Å²) in [7, 11) is 0. The fourth-order valence-corrected chi connectivity index (χ4v) is 2.77. The lowest BCUT2D eigenvalue weighted by atomic mass is 10.1. The van der Waals surface area contributed by atoms with Gasteiger partial charge in [-0.15, -0.1) is 0 Å². The van der Waals surface area contributed by atoms with Gasteiger partial charge >= 0.3 is 0 Å². The van der Waals surface area contributed by atoms with Crippen LogP contribution in [0.25, 0.3) is 6.08 Å². The number of amides is 2. The van der Waals surface area contributed by atoms with Crippen LogP contribution in [0, 0.1) is 5.82 Å². The molecule has 4 nitrogen and oxygen atoms in total. The van der Waals surface area contributed by atoms with Gasteiger partial charge in [-0.25, -0.2) is 4.39 Å². The van der Waals surface area contributed by atoms with E-state index < -0.39 is 5.82 Å². The van der Waals surface area contributed by atoms with Crippen LogP contribution in [0.1, 0.15) is 15.9 Å². The first kappa shape index (κ1) is 16.9. The van der Waals surface area contributed by atoms with Gasteiger partial charge in [0, 0.05) is 37.8 Å². The fourth-order valence-electron chi connectivity index (χ4n) is 2.77. The number of benzene rings is 2. The van der Waals surface area contributed by atoms with E-state index in [0.717, 1.165) is 5.56 Å². The summed E-state index contributed by atoms with van der Waals surface area (Å²) in [5.41, 5.74) is 1.31. The Morgan fingerprint density at radius 3 is 2.24 bits per heavy atom. The molecular formula is C20H19FN2O2. The van der Waals surface area contributed by atoms with Crippen LogP contribution in [0.2, 0.25) is 0 Å². The Bertz CT molecular complexity index is 781. The van der Waals surface area contributed by atoms with Crippen LogP contribution < -0.4 is 0 Å². The molecule has 2 aromatic carbocycles. The monoisotopic (exact) mass is 338 g/mol. The van der Waals surface area contributed by atoms with E-state index in [0.29, 0.717) is 31.7 Å². The summed E-state index contributed by atoms with van der Waals surface area (Å²) >= 11 is 0. The zero-order valence-corrected chi connectivity index (χ0v) is 13.8. The standard InChI is InChI=1S/C20H19FN2O2/c21-18-8-4-7-17(15-18)20(25)23-13-11-22(12-14-23)19(24)10-9-16-5-2-1-3-6-16/h1-10,15H,11-14H2/b10-9+. The van der Waals surface area contributed by atoms with Gasteiger partial charge in [0.1, 0.15) is 5.82 Å². The second-order valence-electron chi connectivity index (χ2n) is 5.87. The van der Waals surface area contributed by atoms with Crippen LogP contribution in [-0.2, 0) is 4.79 Å². The molecule has 0 aliphatic carbocycles. The molecule has 2 aromatic rings. The second-order valence-corrected chi connectivity index (χ2v) is 5.87. The van der Waals surface area contributed by atoms with Crippen molar-refractivity contribution in [3.63, 3.8) is 0 Å². The molecule has 5 heteroatoms. The first-order valence-corrected chi connectivity index (χ1v) is 8.20. The third-order valence-corrected chi connectivity index (χ3v) is 4.17. The molecule has 1 heterocycles. The zero-order valence-electron chi connectivity index (χ0n) is 13.8. The summed E-state index contributed by atoms with van der Waals surface area (Å²) < 4.78 is 13.3. The minimum absolute atomic E-state index is 0.0679. The van der Waals surface area contributed by atoms with Crippen molar-refractivity contribution < 1.29 is 14.0 Å². The van der Waals surface area contributed by atoms with Crippen LogP contribution in [0.4, 0.5) is 4.39 Å². The number of carbonyl (C=O) groups is 2. The second kappa shape index (κ2) is 7.75. The predicted octanol–water partition coefficient (Wildman–Crippen LogP) is 2.82. The molecule has 1 saturated heterocycles. The molecule has 1 fully saturated rings. The van der Waals surface area contributed by atoms with E-state index in [9.17, 15) is 14.0 Å². The molecule has 25 heavy (non-hydrogen) atoms. The highest BCUT2D eigenvalue weighted by Crippen LogP contribution is 2.11. The first-order valence-electron chi connectivity index (χ1n) is 8.20. The summed E-state index contributed by atoms with van der Waals surface area (Å²) in [5.74, 6) is -0.696. The number of rotatable bonds is 3. The van der Waals surface area contributed by atoms with Crippen molar-refractivity contribution in [2.75, 3.05) is 26.2 Å². The highest BCUT2D eigenvalue weighted by Gasteiger charge is 2.24. The third kappa shape index (κ3) is 4.32. The van der Waals surface area contributed by atoms with Crippen molar-refractivity contribution in [1.82, 2.24) is 9.80 Å². The Balaban J connectivity index is 1.55. The summed E-state index contributed by atoms with van der Waals surface area (Å²) in [4.78, 5) is 28.0. The average Bonchev–Trinajstić information content (AvgIpc) is 2.66. The molecule has 2 amide bonds. The maximum Gasteiger partial charge on any atom is 0.254 e. The van der Waals surface area contributed by atoms with E-state index in [2.05, 4.69) is 0 Å². The largest absolute Gasteiger partial charge is 0.336 e. The number of hydrogen-bond acceptors (Lipinski definition) is 2. The van der Waals surface area contributed by atoms with E-state index in [1.807, 2.05) is 30.3 Å². The van der Waals surface area contributed by atoms with Crippen molar-refractivity contribution in [1.29, 1.82) is 0 Å². The number of hydrogen-bond donors (Lipinski definition) is 0. The molecule has 1 aliphatic heterocycles. The molecule has 0 saturated carbocycles. The van der Waals surface area contributed by atoms with Gasteiger partial charge in [0.25, 0.3) is 5.91 Å². The summed E-state index contributed by atoms with van der Waals surface area (Å²) in [6.45, 7) is 1.83. The van der Waals surface area contributed by atoms with E-state index in [-0.39, 0.29) is 11.8 Å². The highest BCUT2D eigenvalue weighted by atomic mass is 19.1. The van der Waals surface area contributed by atoms with Gasteiger partial charge < -0.3 is 9.80 Å². The number of nitrogens with zero attached hydrogens (tertiary/aromatic N) is 2. The lowest BCUT2D eigenvalue weighted by Gasteiger charge is -2.34. The fraction of sp³-hybridized carbons (Fsp3) is 0.200. The molecule has 3 rings (SSSR count). The normalized spacial score (nSPS) is 14.8. The van der Waals surface area contributed by atoms with Crippen molar-refractivity contribution >= 4 is 17.9 Å². The van der Waals surface area contributed by atoms with E-state index in [1.165, 1.54) is 18.2 Å².